The second-order valence-corrected chi connectivity index (χ2v) is 5.68. The number of rotatable bonds is 4. The summed E-state index contributed by atoms with van der Waals surface area (Å²) >= 11 is 0. The highest BCUT2D eigenvalue weighted by atomic mass is 19.1. The van der Waals surface area contributed by atoms with E-state index in [0.29, 0.717) is 22.8 Å². The van der Waals surface area contributed by atoms with E-state index in [1.165, 1.54) is 0 Å². The van der Waals surface area contributed by atoms with Gasteiger partial charge in [0, 0.05) is 17.5 Å². The number of carbonyl (C=O) groups excluding carboxylic acids is 1. The van der Waals surface area contributed by atoms with Crippen molar-refractivity contribution in [2.45, 2.75) is 6.42 Å². The van der Waals surface area contributed by atoms with Crippen LogP contribution in [0.15, 0.2) is 63.5 Å². The van der Waals surface area contributed by atoms with Crippen LogP contribution in [0.25, 0.3) is 22.5 Å². The molecule has 0 fully saturated rings. The first-order chi connectivity index (χ1) is 12.6. The van der Waals surface area contributed by atoms with Crippen LogP contribution in [0.4, 0.5) is 14.5 Å². The van der Waals surface area contributed by atoms with Crippen molar-refractivity contribution >= 4 is 22.6 Å². The summed E-state index contributed by atoms with van der Waals surface area (Å²) in [6, 6.07) is 13.7. The van der Waals surface area contributed by atoms with Gasteiger partial charge in [-0.1, -0.05) is 23.4 Å². The number of carbonyl (C=O) groups is 1. The molecule has 0 unspecified atom stereocenters. The molecule has 2 aromatic carbocycles. The molecule has 1 N–H and O–H groups in total. The second-order valence-electron chi connectivity index (χ2n) is 5.68. The number of anilines is 1. The third-order valence-corrected chi connectivity index (χ3v) is 3.77. The summed E-state index contributed by atoms with van der Waals surface area (Å²) in [6.45, 7) is 0. The maximum absolute atomic E-state index is 13.6. The van der Waals surface area contributed by atoms with Crippen LogP contribution in [0, 0.1) is 11.6 Å². The molecular formula is C19H12F2N2O3. The summed E-state index contributed by atoms with van der Waals surface area (Å²) in [5.74, 6) is -1.04. The predicted octanol–water partition coefficient (Wildman–Crippen LogP) is 4.55. The maximum Gasteiger partial charge on any atom is 0.230 e. The fourth-order valence-corrected chi connectivity index (χ4v) is 2.57. The van der Waals surface area contributed by atoms with Gasteiger partial charge in [-0.3, -0.25) is 4.79 Å². The van der Waals surface area contributed by atoms with Crippen LogP contribution in [0.3, 0.4) is 0 Å². The van der Waals surface area contributed by atoms with E-state index in [4.69, 9.17) is 8.94 Å². The van der Waals surface area contributed by atoms with Gasteiger partial charge >= 0.3 is 0 Å². The quantitative estimate of drug-likeness (QED) is 0.584. The molecule has 0 atom stereocenters. The number of hydrogen-bond acceptors (Lipinski definition) is 4. The first kappa shape index (κ1) is 16.0. The summed E-state index contributed by atoms with van der Waals surface area (Å²) in [5, 5.41) is 7.05. The van der Waals surface area contributed by atoms with Gasteiger partial charge in [0.15, 0.2) is 5.76 Å². The Labute approximate surface area is 146 Å². The molecule has 0 bridgehead atoms. The Morgan fingerprint density at radius 3 is 2.73 bits per heavy atom. The molecule has 7 heteroatoms. The van der Waals surface area contributed by atoms with Crippen molar-refractivity contribution in [1.82, 2.24) is 5.16 Å². The minimum atomic E-state index is -0.720. The van der Waals surface area contributed by atoms with Crippen LogP contribution in [-0.4, -0.2) is 11.1 Å². The Morgan fingerprint density at radius 1 is 1.04 bits per heavy atom. The number of furan rings is 1. The Hall–Kier alpha value is -3.48. The molecular weight excluding hydrogens is 342 g/mol. The van der Waals surface area contributed by atoms with Gasteiger partial charge in [0.2, 0.25) is 11.7 Å². The van der Waals surface area contributed by atoms with E-state index in [0.717, 1.165) is 23.6 Å². The minimum absolute atomic E-state index is 0.153. The molecule has 0 aliphatic carbocycles. The third-order valence-electron chi connectivity index (χ3n) is 3.77. The van der Waals surface area contributed by atoms with Crippen molar-refractivity contribution in [2.75, 3.05) is 5.32 Å². The molecule has 2 aromatic heterocycles. The highest BCUT2D eigenvalue weighted by molar-refractivity contribution is 5.92. The third kappa shape index (κ3) is 3.19. The fraction of sp³-hybridized carbons (Fsp3) is 0.0526. The minimum Gasteiger partial charge on any atom is -0.453 e. The van der Waals surface area contributed by atoms with E-state index in [9.17, 15) is 13.6 Å². The van der Waals surface area contributed by atoms with E-state index in [1.54, 1.807) is 6.07 Å². The van der Waals surface area contributed by atoms with Crippen molar-refractivity contribution in [1.29, 1.82) is 0 Å². The highest BCUT2D eigenvalue weighted by Crippen LogP contribution is 2.28. The topological polar surface area (TPSA) is 68.3 Å². The van der Waals surface area contributed by atoms with Crippen LogP contribution in [0.2, 0.25) is 0 Å². The molecule has 0 radical (unpaired) electrons. The van der Waals surface area contributed by atoms with Gasteiger partial charge in [-0.25, -0.2) is 8.78 Å². The highest BCUT2D eigenvalue weighted by Gasteiger charge is 2.15. The zero-order chi connectivity index (χ0) is 18.1. The molecule has 1 amide bonds. The number of nitrogens with zero attached hydrogens (tertiary/aromatic N) is 1. The van der Waals surface area contributed by atoms with E-state index in [1.807, 2.05) is 30.3 Å². The van der Waals surface area contributed by atoms with Crippen LogP contribution in [0.1, 0.15) is 5.69 Å². The number of hydrogen-bond donors (Lipinski definition) is 1. The maximum atomic E-state index is 13.6. The Kier molecular flexibility index (Phi) is 3.96. The summed E-state index contributed by atoms with van der Waals surface area (Å²) in [6.07, 6.45) is -0.153. The van der Waals surface area contributed by atoms with Gasteiger partial charge in [0.1, 0.15) is 17.2 Å². The van der Waals surface area contributed by atoms with Gasteiger partial charge in [-0.05, 0) is 24.3 Å². The zero-order valence-corrected chi connectivity index (χ0v) is 13.3. The molecule has 26 heavy (non-hydrogen) atoms. The summed E-state index contributed by atoms with van der Waals surface area (Å²) in [4.78, 5) is 12.0. The number of nitrogens with one attached hydrogen (secondary N) is 1. The normalized spacial score (nSPS) is 11.0. The lowest BCUT2D eigenvalue weighted by Gasteiger charge is -2.05. The standard InChI is InChI=1S/C19H12F2N2O3/c20-12-5-6-14(21)15(8-12)22-19(24)10-13-9-18(26-23-13)17-7-11-3-1-2-4-16(11)25-17/h1-9H,10H2,(H,22,24). The molecule has 0 saturated carbocycles. The average Bonchev–Trinajstić information content (AvgIpc) is 3.24. The van der Waals surface area contributed by atoms with Crippen molar-refractivity contribution in [2.24, 2.45) is 0 Å². The van der Waals surface area contributed by atoms with Gasteiger partial charge in [0.05, 0.1) is 17.8 Å². The van der Waals surface area contributed by atoms with E-state index in [-0.39, 0.29) is 12.1 Å². The molecule has 0 aliphatic heterocycles. The Morgan fingerprint density at radius 2 is 1.88 bits per heavy atom. The molecule has 5 nitrogen and oxygen atoms in total. The molecule has 4 aromatic rings. The molecule has 2 heterocycles. The lowest BCUT2D eigenvalue weighted by atomic mass is 10.2. The number of amides is 1. The largest absolute Gasteiger partial charge is 0.453 e. The monoisotopic (exact) mass is 354 g/mol. The Bertz CT molecular complexity index is 1070. The Balaban J connectivity index is 1.49. The number of benzene rings is 2. The van der Waals surface area contributed by atoms with Crippen LogP contribution in [-0.2, 0) is 11.2 Å². The zero-order valence-electron chi connectivity index (χ0n) is 13.3. The van der Waals surface area contributed by atoms with Gasteiger partial charge in [-0.15, -0.1) is 0 Å². The first-order valence-electron chi connectivity index (χ1n) is 7.78. The SMILES string of the molecule is O=C(Cc1cc(-c2cc3ccccc3o2)on1)Nc1cc(F)ccc1F. The van der Waals surface area contributed by atoms with Crippen molar-refractivity contribution in [3.8, 4) is 11.5 Å². The van der Waals surface area contributed by atoms with Crippen LogP contribution in [0.5, 0.6) is 0 Å². The van der Waals surface area contributed by atoms with Crippen LogP contribution >= 0.6 is 0 Å². The lowest BCUT2D eigenvalue weighted by molar-refractivity contribution is -0.115. The van der Waals surface area contributed by atoms with Crippen molar-refractivity contribution in [3.63, 3.8) is 0 Å². The average molecular weight is 354 g/mol. The second kappa shape index (κ2) is 6.44. The van der Waals surface area contributed by atoms with E-state index >= 15 is 0 Å². The number of fused-ring (bicyclic) bond motifs is 1. The fourth-order valence-electron chi connectivity index (χ4n) is 2.57. The summed E-state index contributed by atoms with van der Waals surface area (Å²) < 4.78 is 37.6. The number of halogens is 2. The van der Waals surface area contributed by atoms with Crippen LogP contribution < -0.4 is 5.32 Å². The molecule has 0 saturated heterocycles. The van der Waals surface area contributed by atoms with Crippen molar-refractivity contribution < 1.29 is 22.5 Å². The summed E-state index contributed by atoms with van der Waals surface area (Å²) in [5.41, 5.74) is 0.825. The van der Waals surface area contributed by atoms with E-state index in [2.05, 4.69) is 10.5 Å². The summed E-state index contributed by atoms with van der Waals surface area (Å²) in [7, 11) is 0. The van der Waals surface area contributed by atoms with E-state index < -0.39 is 17.5 Å². The molecule has 0 aliphatic rings. The molecule has 130 valence electrons. The number of para-hydroxylation sites is 1. The van der Waals surface area contributed by atoms with Gasteiger partial charge in [0.25, 0.3) is 0 Å². The molecule has 4 rings (SSSR count). The molecule has 0 spiro atoms. The number of aromatic nitrogens is 1. The lowest BCUT2D eigenvalue weighted by Crippen LogP contribution is -2.15. The van der Waals surface area contributed by atoms with Gasteiger partial charge < -0.3 is 14.3 Å². The first-order valence-corrected chi connectivity index (χ1v) is 7.78. The van der Waals surface area contributed by atoms with Crippen molar-refractivity contribution in [3.05, 3.63) is 71.9 Å². The smallest absolute Gasteiger partial charge is 0.230 e. The van der Waals surface area contributed by atoms with Gasteiger partial charge in [-0.2, -0.15) is 0 Å². The predicted molar refractivity (Wildman–Crippen MR) is 90.4 cm³/mol.